The zero-order chi connectivity index (χ0) is 9.91. The molecule has 0 saturated heterocycles. The van der Waals surface area contributed by atoms with Crippen molar-refractivity contribution in [1.29, 1.82) is 0 Å². The van der Waals surface area contributed by atoms with E-state index in [1.54, 1.807) is 0 Å². The van der Waals surface area contributed by atoms with Gasteiger partial charge in [0, 0.05) is 0 Å². The highest BCUT2D eigenvalue weighted by molar-refractivity contribution is 4.61. The summed E-state index contributed by atoms with van der Waals surface area (Å²) >= 11 is 0. The zero-order valence-electron chi connectivity index (χ0n) is 9.49. The molecule has 0 aromatic heterocycles. The smallest absolute Gasteiger partial charge is 0.0195 e. The second-order valence-electron chi connectivity index (χ2n) is 2.87. The quantitative estimate of drug-likeness (QED) is 0.659. The molecule has 2 N–H and O–H groups in total. The Balaban J connectivity index is -0.000000138. The van der Waals surface area contributed by atoms with Crippen LogP contribution in [0.2, 0.25) is 0 Å². The lowest BCUT2D eigenvalue weighted by molar-refractivity contribution is 0.338. The van der Waals surface area contributed by atoms with E-state index in [4.69, 9.17) is 0 Å². The van der Waals surface area contributed by atoms with Gasteiger partial charge in [0.2, 0.25) is 0 Å². The van der Waals surface area contributed by atoms with Crippen LogP contribution in [0.3, 0.4) is 0 Å². The molecule has 0 amide bonds. The second kappa shape index (κ2) is 12.6. The first-order valence-corrected chi connectivity index (χ1v) is 4.70. The summed E-state index contributed by atoms with van der Waals surface area (Å²) in [5.41, 5.74) is 5.08. The lowest BCUT2D eigenvalue weighted by Crippen LogP contribution is -2.05. The van der Waals surface area contributed by atoms with Gasteiger partial charge >= 0.3 is 0 Å². The van der Waals surface area contributed by atoms with Crippen LogP contribution < -0.4 is 5.73 Å². The Morgan fingerprint density at radius 2 is 1.09 bits per heavy atom. The Morgan fingerprint density at radius 3 is 1.09 bits per heavy atom. The predicted molar refractivity (Wildman–Crippen MR) is 55.8 cm³/mol. The van der Waals surface area contributed by atoms with Crippen molar-refractivity contribution in [3.8, 4) is 0 Å². The van der Waals surface area contributed by atoms with Gasteiger partial charge in [0.05, 0.1) is 0 Å². The molecular weight excluding hydrogens is 134 g/mol. The standard InChI is InChI=1S/C7H16.C2H6.CH5N/c1-5-7(3,4)6-2;2*1-2/h5-6H2,1-4H3;1-2H3;2H2,1H3. The Bertz CT molecular complexity index is 42.8. The molecule has 0 bridgehead atoms. The monoisotopic (exact) mass is 161 g/mol. The zero-order valence-corrected chi connectivity index (χ0v) is 9.49. The van der Waals surface area contributed by atoms with E-state index in [0.717, 1.165) is 0 Å². The van der Waals surface area contributed by atoms with Gasteiger partial charge in [-0.1, -0.05) is 54.4 Å². The van der Waals surface area contributed by atoms with Crippen LogP contribution in [-0.4, -0.2) is 7.05 Å². The van der Waals surface area contributed by atoms with Gasteiger partial charge in [-0.15, -0.1) is 0 Å². The molecule has 1 nitrogen and oxygen atoms in total. The summed E-state index contributed by atoms with van der Waals surface area (Å²) in [6.07, 6.45) is 2.59. The van der Waals surface area contributed by atoms with E-state index < -0.39 is 0 Å². The van der Waals surface area contributed by atoms with Crippen molar-refractivity contribution in [3.05, 3.63) is 0 Å². The lowest BCUT2D eigenvalue weighted by atomic mass is 9.88. The van der Waals surface area contributed by atoms with Gasteiger partial charge in [0.1, 0.15) is 0 Å². The Labute approximate surface area is 73.4 Å². The molecule has 1 heteroatoms. The average Bonchev–Trinajstić information content (AvgIpc) is 2.12. The normalized spacial score (nSPS) is 8.73. The first-order chi connectivity index (χ1) is 5.12. The summed E-state index contributed by atoms with van der Waals surface area (Å²) in [5.74, 6) is 0. The van der Waals surface area contributed by atoms with Crippen molar-refractivity contribution in [2.24, 2.45) is 11.1 Å². The molecule has 0 heterocycles. The van der Waals surface area contributed by atoms with Gasteiger partial charge in [-0.2, -0.15) is 0 Å². The molecule has 0 unspecified atom stereocenters. The fourth-order valence-corrected chi connectivity index (χ4v) is 0.250. The highest BCUT2D eigenvalue weighted by Crippen LogP contribution is 2.22. The molecule has 0 aliphatic heterocycles. The van der Waals surface area contributed by atoms with Crippen LogP contribution in [0.5, 0.6) is 0 Å². The maximum absolute atomic E-state index is 4.50. The maximum atomic E-state index is 4.50. The van der Waals surface area contributed by atoms with Crippen molar-refractivity contribution in [2.75, 3.05) is 7.05 Å². The first kappa shape index (κ1) is 17.2. The topological polar surface area (TPSA) is 26.0 Å². The summed E-state index contributed by atoms with van der Waals surface area (Å²) in [4.78, 5) is 0. The summed E-state index contributed by atoms with van der Waals surface area (Å²) in [6.45, 7) is 13.1. The fourth-order valence-electron chi connectivity index (χ4n) is 0.250. The molecule has 0 fully saturated rings. The molecule has 0 atom stereocenters. The van der Waals surface area contributed by atoms with E-state index in [1.165, 1.54) is 19.9 Å². The van der Waals surface area contributed by atoms with Gasteiger partial charge in [0.25, 0.3) is 0 Å². The van der Waals surface area contributed by atoms with E-state index in [1.807, 2.05) is 13.8 Å². The highest BCUT2D eigenvalue weighted by atomic mass is 14.4. The summed E-state index contributed by atoms with van der Waals surface area (Å²) in [7, 11) is 1.50. The van der Waals surface area contributed by atoms with Crippen molar-refractivity contribution in [2.45, 2.75) is 54.4 Å². The molecule has 0 rings (SSSR count). The minimum absolute atomic E-state index is 0.583. The second-order valence-corrected chi connectivity index (χ2v) is 2.87. The lowest BCUT2D eigenvalue weighted by Gasteiger charge is -2.18. The molecule has 0 aromatic carbocycles. The van der Waals surface area contributed by atoms with Crippen molar-refractivity contribution >= 4 is 0 Å². The number of nitrogens with two attached hydrogens (primary N) is 1. The molecular formula is C10H27N. The van der Waals surface area contributed by atoms with Gasteiger partial charge < -0.3 is 5.73 Å². The van der Waals surface area contributed by atoms with Crippen molar-refractivity contribution in [3.63, 3.8) is 0 Å². The Hall–Kier alpha value is -0.0400. The number of hydrogen-bond acceptors (Lipinski definition) is 1. The third-order valence-corrected chi connectivity index (χ3v) is 1.91. The summed E-state index contributed by atoms with van der Waals surface area (Å²) in [5, 5.41) is 0. The van der Waals surface area contributed by atoms with E-state index in [9.17, 15) is 0 Å². The minimum Gasteiger partial charge on any atom is -0.333 e. The first-order valence-electron chi connectivity index (χ1n) is 4.70. The maximum Gasteiger partial charge on any atom is -0.0195 e. The fraction of sp³-hybridized carbons (Fsp3) is 1.00. The third kappa shape index (κ3) is 17.8. The van der Waals surface area contributed by atoms with Crippen LogP contribution in [0, 0.1) is 5.41 Å². The Kier molecular flexibility index (Phi) is 19.7. The van der Waals surface area contributed by atoms with Crippen LogP contribution in [0.25, 0.3) is 0 Å². The summed E-state index contributed by atoms with van der Waals surface area (Å²) in [6, 6.07) is 0. The number of hydrogen-bond donors (Lipinski definition) is 1. The van der Waals surface area contributed by atoms with E-state index in [2.05, 4.69) is 33.4 Å². The van der Waals surface area contributed by atoms with E-state index >= 15 is 0 Å². The highest BCUT2D eigenvalue weighted by Gasteiger charge is 2.09. The van der Waals surface area contributed by atoms with Crippen LogP contribution in [0.4, 0.5) is 0 Å². The van der Waals surface area contributed by atoms with Gasteiger partial charge in [-0.05, 0) is 12.5 Å². The molecule has 0 saturated carbocycles. The molecule has 0 spiro atoms. The predicted octanol–water partition coefficient (Wildman–Crippen LogP) is 3.43. The average molecular weight is 161 g/mol. The van der Waals surface area contributed by atoms with Gasteiger partial charge in [0.15, 0.2) is 0 Å². The van der Waals surface area contributed by atoms with Gasteiger partial charge in [-0.25, -0.2) is 0 Å². The third-order valence-electron chi connectivity index (χ3n) is 1.91. The number of rotatable bonds is 2. The van der Waals surface area contributed by atoms with Crippen molar-refractivity contribution in [1.82, 2.24) is 0 Å². The molecule has 0 aliphatic rings. The van der Waals surface area contributed by atoms with Crippen LogP contribution in [0.1, 0.15) is 54.4 Å². The van der Waals surface area contributed by atoms with Gasteiger partial charge in [-0.3, -0.25) is 0 Å². The van der Waals surface area contributed by atoms with Crippen LogP contribution in [0.15, 0.2) is 0 Å². The molecule has 72 valence electrons. The van der Waals surface area contributed by atoms with E-state index in [-0.39, 0.29) is 0 Å². The molecule has 11 heavy (non-hydrogen) atoms. The van der Waals surface area contributed by atoms with Crippen LogP contribution in [-0.2, 0) is 0 Å². The SMILES string of the molecule is CC.CCC(C)(C)CC.CN. The Morgan fingerprint density at radius 1 is 0.909 bits per heavy atom. The van der Waals surface area contributed by atoms with Crippen molar-refractivity contribution < 1.29 is 0 Å². The molecule has 0 aliphatic carbocycles. The summed E-state index contributed by atoms with van der Waals surface area (Å²) < 4.78 is 0. The van der Waals surface area contributed by atoms with E-state index in [0.29, 0.717) is 5.41 Å². The van der Waals surface area contributed by atoms with Crippen LogP contribution >= 0.6 is 0 Å². The largest absolute Gasteiger partial charge is 0.333 e. The molecule has 0 radical (unpaired) electrons. The molecule has 0 aromatic rings. The minimum atomic E-state index is 0.583.